The van der Waals surface area contributed by atoms with Gasteiger partial charge in [-0.2, -0.15) is 0 Å². The summed E-state index contributed by atoms with van der Waals surface area (Å²) in [5.41, 5.74) is 5.15. The Morgan fingerprint density at radius 3 is 1.92 bits per heavy atom. The molecule has 0 fully saturated rings. The second-order valence-electron chi connectivity index (χ2n) is 4.64. The minimum Gasteiger partial charge on any atom is -0.481 e. The van der Waals surface area contributed by atoms with E-state index in [1.165, 1.54) is 0 Å². The average Bonchev–Trinajstić information content (AvgIpc) is 1.77. The monoisotopic (exact) mass is 299 g/mol. The van der Waals surface area contributed by atoms with Gasteiger partial charge in [-0.3, -0.25) is 4.79 Å². The Labute approximate surface area is 93.2 Å². The second-order valence-corrected chi connectivity index (χ2v) is 7.56. The number of hydrogen-bond acceptors (Lipinski definition) is 2. The second kappa shape index (κ2) is 4.13. The average molecular weight is 299 g/mol. The van der Waals surface area contributed by atoms with E-state index < -0.39 is 17.4 Å². The quantitative estimate of drug-likeness (QED) is 0.617. The van der Waals surface area contributed by atoms with Crippen LogP contribution < -0.4 is 5.73 Å². The van der Waals surface area contributed by atoms with Crippen molar-refractivity contribution in [1.29, 1.82) is 0 Å². The van der Waals surface area contributed by atoms with Gasteiger partial charge in [0.05, 0.1) is 5.92 Å². The molecule has 0 amide bonds. The van der Waals surface area contributed by atoms with E-state index in [1.54, 1.807) is 13.8 Å². The molecule has 0 spiro atoms. The lowest BCUT2D eigenvalue weighted by molar-refractivity contribution is -0.144. The number of carbonyl (C=O) groups is 1. The van der Waals surface area contributed by atoms with Gasteiger partial charge >= 0.3 is 5.97 Å². The summed E-state index contributed by atoms with van der Waals surface area (Å²) in [5.74, 6) is -1.29. The number of alkyl halides is 1. The summed E-state index contributed by atoms with van der Waals surface area (Å²) in [5, 5.41) is 8.99. The number of halogens is 1. The molecule has 0 aliphatic rings. The van der Waals surface area contributed by atoms with Gasteiger partial charge in [0.2, 0.25) is 0 Å². The molecule has 78 valence electrons. The van der Waals surface area contributed by atoms with Gasteiger partial charge < -0.3 is 10.8 Å². The van der Waals surface area contributed by atoms with Gasteiger partial charge in [-0.1, -0.05) is 36.4 Å². The Kier molecular flexibility index (Phi) is 4.18. The zero-order valence-corrected chi connectivity index (χ0v) is 10.8. The van der Waals surface area contributed by atoms with E-state index in [0.717, 1.165) is 0 Å². The molecule has 0 saturated carbocycles. The van der Waals surface area contributed by atoms with Crippen LogP contribution in [0.1, 0.15) is 34.1 Å². The molecule has 4 heteroatoms. The third kappa shape index (κ3) is 5.46. The van der Waals surface area contributed by atoms with Gasteiger partial charge in [0.1, 0.15) is 0 Å². The summed E-state index contributed by atoms with van der Waals surface area (Å²) in [4.78, 5) is 10.9. The number of carboxylic acids is 1. The molecule has 0 aromatic rings. The largest absolute Gasteiger partial charge is 0.481 e. The van der Waals surface area contributed by atoms with Crippen molar-refractivity contribution >= 4 is 28.6 Å². The van der Waals surface area contributed by atoms with Crippen LogP contribution in [0, 0.1) is 5.92 Å². The molecule has 0 aliphatic heterocycles. The minimum atomic E-state index is -0.808. The van der Waals surface area contributed by atoms with Crippen LogP contribution in [0.2, 0.25) is 0 Å². The van der Waals surface area contributed by atoms with E-state index in [1.807, 2.05) is 13.8 Å². The third-order valence-electron chi connectivity index (χ3n) is 1.89. The first-order chi connectivity index (χ1) is 5.54. The van der Waals surface area contributed by atoms with Gasteiger partial charge in [-0.05, 0) is 20.3 Å². The molecule has 0 aromatic carbocycles. The van der Waals surface area contributed by atoms with Crippen molar-refractivity contribution in [2.75, 3.05) is 0 Å². The van der Waals surface area contributed by atoms with Crippen molar-refractivity contribution in [2.45, 2.75) is 43.1 Å². The van der Waals surface area contributed by atoms with E-state index >= 15 is 0 Å². The van der Waals surface area contributed by atoms with Crippen LogP contribution in [0.4, 0.5) is 0 Å². The highest BCUT2D eigenvalue weighted by molar-refractivity contribution is 14.1. The van der Waals surface area contributed by atoms with Crippen molar-refractivity contribution in [3.05, 3.63) is 0 Å². The number of hydrogen-bond donors (Lipinski definition) is 2. The van der Waals surface area contributed by atoms with Gasteiger partial charge in [-0.25, -0.2) is 0 Å². The van der Waals surface area contributed by atoms with Crippen LogP contribution in [-0.2, 0) is 4.79 Å². The third-order valence-corrected chi connectivity index (χ3v) is 2.33. The first-order valence-corrected chi connectivity index (χ1v) is 5.32. The zero-order valence-electron chi connectivity index (χ0n) is 8.60. The summed E-state index contributed by atoms with van der Waals surface area (Å²) in [6.45, 7) is 7.53. The fourth-order valence-electron chi connectivity index (χ4n) is 1.15. The molecular weight excluding hydrogens is 281 g/mol. The maximum absolute atomic E-state index is 10.9. The highest BCUT2D eigenvalue weighted by Crippen LogP contribution is 2.30. The lowest BCUT2D eigenvalue weighted by Gasteiger charge is -2.31. The summed E-state index contributed by atoms with van der Waals surface area (Å²) in [6.07, 6.45) is 0.590. The van der Waals surface area contributed by atoms with Crippen LogP contribution in [0.25, 0.3) is 0 Å². The Bertz CT molecular complexity index is 191. The molecule has 1 atom stereocenters. The van der Waals surface area contributed by atoms with Crippen LogP contribution in [0.3, 0.4) is 0 Å². The van der Waals surface area contributed by atoms with E-state index in [9.17, 15) is 4.79 Å². The first-order valence-electron chi connectivity index (χ1n) is 4.24. The normalized spacial score (nSPS) is 15.5. The van der Waals surface area contributed by atoms with Gasteiger partial charge in [0.25, 0.3) is 0 Å². The molecular formula is C9H18INO2. The highest BCUT2D eigenvalue weighted by Gasteiger charge is 2.35. The maximum Gasteiger partial charge on any atom is 0.308 e. The molecule has 0 radical (unpaired) electrons. The van der Waals surface area contributed by atoms with Crippen molar-refractivity contribution in [2.24, 2.45) is 11.7 Å². The Hall–Kier alpha value is 0.160. The molecule has 0 aromatic heterocycles. The molecule has 1 unspecified atom stereocenters. The van der Waals surface area contributed by atoms with E-state index in [4.69, 9.17) is 10.8 Å². The van der Waals surface area contributed by atoms with Crippen molar-refractivity contribution in [3.8, 4) is 0 Å². The lowest BCUT2D eigenvalue weighted by atomic mass is 9.82. The van der Waals surface area contributed by atoms with Crippen LogP contribution in [0.5, 0.6) is 0 Å². The molecule has 0 bridgehead atoms. The Morgan fingerprint density at radius 1 is 1.46 bits per heavy atom. The number of rotatable bonds is 4. The summed E-state index contributed by atoms with van der Waals surface area (Å²) < 4.78 is -0.0303. The smallest absolute Gasteiger partial charge is 0.308 e. The van der Waals surface area contributed by atoms with Gasteiger partial charge in [0.15, 0.2) is 0 Å². The zero-order chi connectivity index (χ0) is 10.9. The molecule has 13 heavy (non-hydrogen) atoms. The molecule has 3 N–H and O–H groups in total. The van der Waals surface area contributed by atoms with Crippen molar-refractivity contribution < 1.29 is 9.90 Å². The Morgan fingerprint density at radius 2 is 1.85 bits per heavy atom. The SMILES string of the molecule is CC(C)(I)CC(C(=O)O)C(C)(C)N. The van der Waals surface area contributed by atoms with E-state index in [-0.39, 0.29) is 3.42 Å². The predicted octanol–water partition coefficient (Wildman–Crippen LogP) is 2.03. The first kappa shape index (κ1) is 13.2. The topological polar surface area (TPSA) is 63.3 Å². The predicted molar refractivity (Wildman–Crippen MR) is 62.1 cm³/mol. The number of carboxylic acid groups (broad SMARTS) is 1. The van der Waals surface area contributed by atoms with E-state index in [0.29, 0.717) is 6.42 Å². The lowest BCUT2D eigenvalue weighted by Crippen LogP contribution is -2.47. The minimum absolute atomic E-state index is 0.0303. The molecule has 3 nitrogen and oxygen atoms in total. The van der Waals surface area contributed by atoms with Crippen molar-refractivity contribution in [1.82, 2.24) is 0 Å². The molecule has 0 rings (SSSR count). The molecule has 0 heterocycles. The van der Waals surface area contributed by atoms with E-state index in [2.05, 4.69) is 22.6 Å². The standard InChI is InChI=1S/C9H18INO2/c1-8(2,10)5-6(7(12)13)9(3,4)11/h6H,5,11H2,1-4H3,(H,12,13). The van der Waals surface area contributed by atoms with Gasteiger partial charge in [0, 0.05) is 8.96 Å². The summed E-state index contributed by atoms with van der Waals surface area (Å²) >= 11 is 2.25. The fraction of sp³-hybridized carbons (Fsp3) is 0.889. The van der Waals surface area contributed by atoms with Crippen LogP contribution in [-0.4, -0.2) is 20.0 Å². The molecule has 0 aliphatic carbocycles. The number of aliphatic carboxylic acids is 1. The van der Waals surface area contributed by atoms with Crippen LogP contribution >= 0.6 is 22.6 Å². The van der Waals surface area contributed by atoms with Crippen LogP contribution in [0.15, 0.2) is 0 Å². The fourth-order valence-corrected chi connectivity index (χ4v) is 1.59. The van der Waals surface area contributed by atoms with Gasteiger partial charge in [-0.15, -0.1) is 0 Å². The molecule has 0 saturated heterocycles. The number of nitrogens with two attached hydrogens (primary N) is 1. The maximum atomic E-state index is 10.9. The highest BCUT2D eigenvalue weighted by atomic mass is 127. The summed E-state index contributed by atoms with van der Waals surface area (Å²) in [7, 11) is 0. The summed E-state index contributed by atoms with van der Waals surface area (Å²) in [6, 6.07) is 0. The van der Waals surface area contributed by atoms with Crippen molar-refractivity contribution in [3.63, 3.8) is 0 Å². The Balaban J connectivity index is 4.56.